The van der Waals surface area contributed by atoms with E-state index in [-0.39, 0.29) is 5.92 Å². The van der Waals surface area contributed by atoms with Crippen LogP contribution in [0.3, 0.4) is 0 Å². The second kappa shape index (κ2) is 6.39. The largest absolute Gasteiger partial charge is 0.480 e. The number of carbonyl (C=O) groups excluding carboxylic acids is 1. The second-order valence-corrected chi connectivity index (χ2v) is 5.41. The molecule has 0 fully saturated rings. The van der Waals surface area contributed by atoms with Gasteiger partial charge in [0.1, 0.15) is 6.04 Å². The van der Waals surface area contributed by atoms with Crippen LogP contribution < -0.4 is 10.6 Å². The molecular weight excluding hydrogens is 252 g/mol. The molecule has 1 aromatic rings. The van der Waals surface area contributed by atoms with Crippen molar-refractivity contribution in [1.29, 1.82) is 0 Å². The summed E-state index contributed by atoms with van der Waals surface area (Å²) in [6.07, 6.45) is 0. The Labute approximate surface area is 110 Å². The number of carboxylic acids is 1. The Morgan fingerprint density at radius 3 is 2.56 bits per heavy atom. The average molecular weight is 270 g/mol. The predicted molar refractivity (Wildman–Crippen MR) is 70.7 cm³/mol. The smallest absolute Gasteiger partial charge is 0.326 e. The van der Waals surface area contributed by atoms with Gasteiger partial charge in [-0.3, -0.25) is 0 Å². The number of aryl methyl sites for hydroxylation is 1. The molecule has 1 rings (SSSR count). The van der Waals surface area contributed by atoms with Crippen molar-refractivity contribution in [2.75, 3.05) is 0 Å². The Kier molecular flexibility index (Phi) is 5.15. The highest BCUT2D eigenvalue weighted by molar-refractivity contribution is 7.10. The zero-order valence-corrected chi connectivity index (χ0v) is 11.5. The average Bonchev–Trinajstić information content (AvgIpc) is 2.68. The van der Waals surface area contributed by atoms with Crippen LogP contribution in [0, 0.1) is 12.8 Å². The molecule has 0 spiro atoms. The van der Waals surface area contributed by atoms with E-state index in [0.717, 1.165) is 10.4 Å². The Bertz CT molecular complexity index is 429. The summed E-state index contributed by atoms with van der Waals surface area (Å²) < 4.78 is 0. The Balaban J connectivity index is 2.46. The number of rotatable bonds is 5. The van der Waals surface area contributed by atoms with Gasteiger partial charge in [0.25, 0.3) is 0 Å². The molecule has 0 aliphatic rings. The van der Waals surface area contributed by atoms with E-state index in [1.165, 1.54) is 0 Å². The third-order valence-electron chi connectivity index (χ3n) is 2.60. The summed E-state index contributed by atoms with van der Waals surface area (Å²) in [6, 6.07) is 0.659. The molecule has 5 nitrogen and oxygen atoms in total. The van der Waals surface area contributed by atoms with Crippen LogP contribution in [0.2, 0.25) is 0 Å². The molecule has 1 atom stereocenters. The molecule has 0 saturated carbocycles. The number of urea groups is 1. The summed E-state index contributed by atoms with van der Waals surface area (Å²) in [5.41, 5.74) is 1.12. The van der Waals surface area contributed by atoms with Crippen LogP contribution in [0.25, 0.3) is 0 Å². The maximum absolute atomic E-state index is 11.6. The first-order valence-corrected chi connectivity index (χ1v) is 6.60. The van der Waals surface area contributed by atoms with E-state index in [4.69, 9.17) is 5.11 Å². The number of hydrogen-bond acceptors (Lipinski definition) is 3. The monoisotopic (exact) mass is 270 g/mol. The Hall–Kier alpha value is -1.56. The third-order valence-corrected chi connectivity index (χ3v) is 3.62. The maximum Gasteiger partial charge on any atom is 0.326 e. The topological polar surface area (TPSA) is 78.4 Å². The summed E-state index contributed by atoms with van der Waals surface area (Å²) in [4.78, 5) is 23.6. The van der Waals surface area contributed by atoms with Gasteiger partial charge in [0.15, 0.2) is 0 Å². The van der Waals surface area contributed by atoms with Gasteiger partial charge >= 0.3 is 12.0 Å². The molecule has 3 N–H and O–H groups in total. The molecule has 0 saturated heterocycles. The van der Waals surface area contributed by atoms with E-state index in [9.17, 15) is 9.59 Å². The SMILES string of the molecule is Cc1ccsc1CNC(=O)N[C@@H](C(=O)O)C(C)C. The lowest BCUT2D eigenvalue weighted by molar-refractivity contribution is -0.140. The van der Waals surface area contributed by atoms with Gasteiger partial charge in [-0.05, 0) is 29.9 Å². The fourth-order valence-corrected chi connectivity index (χ4v) is 2.30. The zero-order chi connectivity index (χ0) is 13.7. The van der Waals surface area contributed by atoms with E-state index in [1.807, 2.05) is 18.4 Å². The molecule has 0 aliphatic carbocycles. The van der Waals surface area contributed by atoms with Crippen molar-refractivity contribution < 1.29 is 14.7 Å². The van der Waals surface area contributed by atoms with E-state index in [1.54, 1.807) is 25.2 Å². The number of carboxylic acid groups (broad SMARTS) is 1. The summed E-state index contributed by atoms with van der Waals surface area (Å²) in [5, 5.41) is 16.0. The first kappa shape index (κ1) is 14.5. The lowest BCUT2D eigenvalue weighted by Crippen LogP contribution is -2.48. The summed E-state index contributed by atoms with van der Waals surface area (Å²) >= 11 is 1.56. The van der Waals surface area contributed by atoms with Crippen molar-refractivity contribution in [2.24, 2.45) is 5.92 Å². The molecule has 0 aliphatic heterocycles. The van der Waals surface area contributed by atoms with E-state index in [0.29, 0.717) is 6.54 Å². The van der Waals surface area contributed by atoms with Gasteiger partial charge in [-0.25, -0.2) is 9.59 Å². The molecule has 2 amide bonds. The highest BCUT2D eigenvalue weighted by atomic mass is 32.1. The van der Waals surface area contributed by atoms with Crippen LogP contribution in [0.15, 0.2) is 11.4 Å². The van der Waals surface area contributed by atoms with Gasteiger partial charge in [0, 0.05) is 4.88 Å². The minimum Gasteiger partial charge on any atom is -0.480 e. The van der Waals surface area contributed by atoms with Gasteiger partial charge in [-0.15, -0.1) is 11.3 Å². The highest BCUT2D eigenvalue weighted by Gasteiger charge is 2.23. The Morgan fingerprint density at radius 1 is 1.44 bits per heavy atom. The molecule has 0 bridgehead atoms. The van der Waals surface area contributed by atoms with E-state index in [2.05, 4.69) is 10.6 Å². The predicted octanol–water partition coefficient (Wildman–Crippen LogP) is 1.96. The molecule has 100 valence electrons. The molecule has 0 unspecified atom stereocenters. The van der Waals surface area contributed by atoms with Crippen molar-refractivity contribution in [3.63, 3.8) is 0 Å². The minimum absolute atomic E-state index is 0.156. The summed E-state index contributed by atoms with van der Waals surface area (Å²) in [5.74, 6) is -1.18. The maximum atomic E-state index is 11.6. The van der Waals surface area contributed by atoms with Crippen LogP contribution in [-0.2, 0) is 11.3 Å². The fraction of sp³-hybridized carbons (Fsp3) is 0.500. The van der Waals surface area contributed by atoms with Crippen LogP contribution >= 0.6 is 11.3 Å². The fourth-order valence-electron chi connectivity index (χ4n) is 1.45. The molecule has 18 heavy (non-hydrogen) atoms. The van der Waals surface area contributed by atoms with Crippen LogP contribution in [0.5, 0.6) is 0 Å². The van der Waals surface area contributed by atoms with Gasteiger partial charge < -0.3 is 15.7 Å². The summed E-state index contributed by atoms with van der Waals surface area (Å²) in [7, 11) is 0. The first-order valence-electron chi connectivity index (χ1n) is 5.72. The van der Waals surface area contributed by atoms with Gasteiger partial charge in [0.05, 0.1) is 6.54 Å². The number of nitrogens with one attached hydrogen (secondary N) is 2. The quantitative estimate of drug-likeness (QED) is 0.765. The summed E-state index contributed by atoms with van der Waals surface area (Å²) in [6.45, 7) is 5.89. The molecule has 1 heterocycles. The van der Waals surface area contributed by atoms with Gasteiger partial charge in [-0.1, -0.05) is 13.8 Å². The van der Waals surface area contributed by atoms with E-state index >= 15 is 0 Å². The second-order valence-electron chi connectivity index (χ2n) is 4.41. The number of carbonyl (C=O) groups is 2. The number of hydrogen-bond donors (Lipinski definition) is 3. The van der Waals surface area contributed by atoms with Crippen molar-refractivity contribution in [1.82, 2.24) is 10.6 Å². The van der Waals surface area contributed by atoms with E-state index < -0.39 is 18.0 Å². The standard InChI is InChI=1S/C12H18N2O3S/c1-7(2)10(11(15)16)14-12(17)13-6-9-8(3)4-5-18-9/h4-5,7,10H,6H2,1-3H3,(H,15,16)(H2,13,14,17)/t10-/m1/s1. The number of amides is 2. The van der Waals surface area contributed by atoms with Gasteiger partial charge in [-0.2, -0.15) is 0 Å². The third kappa shape index (κ3) is 4.03. The van der Waals surface area contributed by atoms with Crippen LogP contribution in [0.1, 0.15) is 24.3 Å². The lowest BCUT2D eigenvalue weighted by Gasteiger charge is -2.18. The molecular formula is C12H18N2O3S. The lowest BCUT2D eigenvalue weighted by atomic mass is 10.1. The van der Waals surface area contributed by atoms with Crippen LogP contribution in [0.4, 0.5) is 4.79 Å². The highest BCUT2D eigenvalue weighted by Crippen LogP contribution is 2.14. The van der Waals surface area contributed by atoms with Crippen molar-refractivity contribution in [2.45, 2.75) is 33.4 Å². The number of thiophene rings is 1. The molecule has 0 radical (unpaired) electrons. The van der Waals surface area contributed by atoms with Crippen molar-refractivity contribution >= 4 is 23.3 Å². The first-order chi connectivity index (χ1) is 8.41. The number of aliphatic carboxylic acids is 1. The molecule has 6 heteroatoms. The minimum atomic E-state index is -1.02. The normalized spacial score (nSPS) is 12.2. The van der Waals surface area contributed by atoms with Crippen molar-refractivity contribution in [3.8, 4) is 0 Å². The van der Waals surface area contributed by atoms with Crippen molar-refractivity contribution in [3.05, 3.63) is 21.9 Å². The zero-order valence-electron chi connectivity index (χ0n) is 10.7. The Morgan fingerprint density at radius 2 is 2.11 bits per heavy atom. The van der Waals surface area contributed by atoms with Gasteiger partial charge in [0.2, 0.25) is 0 Å². The molecule has 1 aromatic heterocycles. The molecule has 0 aromatic carbocycles. The van der Waals surface area contributed by atoms with Crippen LogP contribution in [-0.4, -0.2) is 23.1 Å².